The second-order valence-electron chi connectivity index (χ2n) is 3.56. The van der Waals surface area contributed by atoms with Gasteiger partial charge in [0.25, 0.3) is 0 Å². The molecule has 14 heavy (non-hydrogen) atoms. The summed E-state index contributed by atoms with van der Waals surface area (Å²) in [7, 11) is 0. The van der Waals surface area contributed by atoms with Crippen LogP contribution in [0.4, 0.5) is 0 Å². The second-order valence-corrected chi connectivity index (χ2v) is 3.56. The lowest BCUT2D eigenvalue weighted by Gasteiger charge is -2.04. The molecule has 3 nitrogen and oxygen atoms in total. The number of fused-ring (bicyclic) bond motifs is 1. The number of hydrogen-bond donors (Lipinski definition) is 2. The summed E-state index contributed by atoms with van der Waals surface area (Å²) in [6.07, 6.45) is 0. The third-order valence-electron chi connectivity index (χ3n) is 2.44. The lowest BCUT2D eigenvalue weighted by molar-refractivity contribution is 0.134. The van der Waals surface area contributed by atoms with Crippen molar-refractivity contribution < 1.29 is 4.74 Å². The van der Waals surface area contributed by atoms with Crippen molar-refractivity contribution in [3.8, 4) is 0 Å². The van der Waals surface area contributed by atoms with Crippen molar-refractivity contribution in [1.29, 1.82) is 0 Å². The van der Waals surface area contributed by atoms with Crippen LogP contribution in [0.3, 0.4) is 0 Å². The highest BCUT2D eigenvalue weighted by molar-refractivity contribution is 5.33. The van der Waals surface area contributed by atoms with Crippen molar-refractivity contribution in [2.75, 3.05) is 13.1 Å². The minimum Gasteiger partial charge on any atom is -0.372 e. The van der Waals surface area contributed by atoms with Gasteiger partial charge in [-0.05, 0) is 16.7 Å². The van der Waals surface area contributed by atoms with E-state index in [4.69, 9.17) is 10.5 Å². The Hall–Kier alpha value is -0.900. The van der Waals surface area contributed by atoms with Crippen molar-refractivity contribution in [2.24, 2.45) is 5.73 Å². The molecule has 0 aromatic heterocycles. The Balaban J connectivity index is 1.98. The van der Waals surface area contributed by atoms with E-state index < -0.39 is 0 Å². The van der Waals surface area contributed by atoms with Gasteiger partial charge >= 0.3 is 0 Å². The Morgan fingerprint density at radius 3 is 3.00 bits per heavy atom. The van der Waals surface area contributed by atoms with E-state index in [9.17, 15) is 0 Å². The summed E-state index contributed by atoms with van der Waals surface area (Å²) in [6.45, 7) is 3.98. The average Bonchev–Trinajstić information content (AvgIpc) is 2.65. The van der Waals surface area contributed by atoms with Gasteiger partial charge in [0.15, 0.2) is 0 Å². The third-order valence-corrected chi connectivity index (χ3v) is 2.44. The Bertz CT molecular complexity index is 312. The lowest BCUT2D eigenvalue weighted by atomic mass is 10.1. The Morgan fingerprint density at radius 1 is 1.29 bits per heavy atom. The summed E-state index contributed by atoms with van der Waals surface area (Å²) in [5.74, 6) is 0. The molecule has 1 aliphatic heterocycles. The molecule has 0 saturated heterocycles. The van der Waals surface area contributed by atoms with Crippen molar-refractivity contribution in [3.63, 3.8) is 0 Å². The number of ether oxygens (including phenoxy) is 1. The van der Waals surface area contributed by atoms with Crippen LogP contribution in [0.15, 0.2) is 18.2 Å². The number of hydrogen-bond acceptors (Lipinski definition) is 3. The average molecular weight is 192 g/mol. The molecule has 0 saturated carbocycles. The van der Waals surface area contributed by atoms with Gasteiger partial charge in [0.2, 0.25) is 0 Å². The van der Waals surface area contributed by atoms with Gasteiger partial charge in [-0.15, -0.1) is 0 Å². The standard InChI is InChI=1S/C11H16N2O/c12-3-4-13-6-9-1-2-10-7-14-8-11(10)5-9/h1-2,5,13H,3-4,6-8,12H2. The van der Waals surface area contributed by atoms with E-state index in [0.29, 0.717) is 6.54 Å². The number of nitrogens with two attached hydrogens (primary N) is 1. The molecule has 0 unspecified atom stereocenters. The first-order valence-corrected chi connectivity index (χ1v) is 4.99. The van der Waals surface area contributed by atoms with Gasteiger partial charge in [-0.2, -0.15) is 0 Å². The fourth-order valence-corrected chi connectivity index (χ4v) is 1.67. The molecule has 76 valence electrons. The topological polar surface area (TPSA) is 47.3 Å². The first kappa shape index (κ1) is 9.65. The van der Waals surface area contributed by atoms with E-state index in [-0.39, 0.29) is 0 Å². The minimum atomic E-state index is 0.689. The maximum atomic E-state index is 5.40. The van der Waals surface area contributed by atoms with Gasteiger partial charge in [0, 0.05) is 19.6 Å². The first-order chi connectivity index (χ1) is 6.90. The van der Waals surface area contributed by atoms with Crippen LogP contribution in [0, 0.1) is 0 Å². The van der Waals surface area contributed by atoms with Crippen LogP contribution < -0.4 is 11.1 Å². The van der Waals surface area contributed by atoms with E-state index in [0.717, 1.165) is 26.3 Å². The molecule has 1 heterocycles. The summed E-state index contributed by atoms with van der Waals surface area (Å²) in [6, 6.07) is 6.52. The quantitative estimate of drug-likeness (QED) is 0.692. The number of rotatable bonds is 4. The molecule has 1 aromatic rings. The predicted octanol–water partition coefficient (Wildman–Crippen LogP) is 0.765. The molecule has 1 aliphatic rings. The molecule has 0 atom stereocenters. The molecule has 0 bridgehead atoms. The predicted molar refractivity (Wildman–Crippen MR) is 55.7 cm³/mol. The van der Waals surface area contributed by atoms with Crippen LogP contribution in [0.2, 0.25) is 0 Å². The molecular weight excluding hydrogens is 176 g/mol. The molecule has 0 fully saturated rings. The van der Waals surface area contributed by atoms with E-state index in [1.807, 2.05) is 0 Å². The van der Waals surface area contributed by atoms with Crippen molar-refractivity contribution in [2.45, 2.75) is 19.8 Å². The van der Waals surface area contributed by atoms with Crippen LogP contribution >= 0.6 is 0 Å². The highest BCUT2D eigenvalue weighted by atomic mass is 16.5. The zero-order chi connectivity index (χ0) is 9.80. The van der Waals surface area contributed by atoms with E-state index in [1.165, 1.54) is 16.7 Å². The van der Waals surface area contributed by atoms with Crippen LogP contribution in [0.25, 0.3) is 0 Å². The van der Waals surface area contributed by atoms with Crippen molar-refractivity contribution >= 4 is 0 Å². The number of benzene rings is 1. The Morgan fingerprint density at radius 2 is 2.14 bits per heavy atom. The Kier molecular flexibility index (Phi) is 3.14. The van der Waals surface area contributed by atoms with E-state index in [2.05, 4.69) is 23.5 Å². The van der Waals surface area contributed by atoms with Gasteiger partial charge in [0.1, 0.15) is 0 Å². The zero-order valence-electron chi connectivity index (χ0n) is 8.25. The molecule has 1 aromatic carbocycles. The highest BCUT2D eigenvalue weighted by Crippen LogP contribution is 2.20. The van der Waals surface area contributed by atoms with Crippen LogP contribution in [0.1, 0.15) is 16.7 Å². The smallest absolute Gasteiger partial charge is 0.0725 e. The minimum absolute atomic E-state index is 0.689. The van der Waals surface area contributed by atoms with Gasteiger partial charge in [-0.3, -0.25) is 0 Å². The monoisotopic (exact) mass is 192 g/mol. The summed E-state index contributed by atoms with van der Waals surface area (Å²) >= 11 is 0. The van der Waals surface area contributed by atoms with Gasteiger partial charge in [-0.1, -0.05) is 18.2 Å². The van der Waals surface area contributed by atoms with Gasteiger partial charge < -0.3 is 15.8 Å². The number of nitrogens with one attached hydrogen (secondary N) is 1. The fourth-order valence-electron chi connectivity index (χ4n) is 1.67. The lowest BCUT2D eigenvalue weighted by Crippen LogP contribution is -2.21. The molecule has 0 amide bonds. The molecule has 0 radical (unpaired) electrons. The maximum absolute atomic E-state index is 5.40. The van der Waals surface area contributed by atoms with E-state index in [1.54, 1.807) is 0 Å². The Labute approximate surface area is 84.3 Å². The summed E-state index contributed by atoms with van der Waals surface area (Å²) in [4.78, 5) is 0. The van der Waals surface area contributed by atoms with Crippen LogP contribution in [0.5, 0.6) is 0 Å². The van der Waals surface area contributed by atoms with Gasteiger partial charge in [0.05, 0.1) is 13.2 Å². The third kappa shape index (κ3) is 2.12. The van der Waals surface area contributed by atoms with Gasteiger partial charge in [-0.25, -0.2) is 0 Å². The molecule has 3 heteroatoms. The van der Waals surface area contributed by atoms with Crippen LogP contribution in [-0.2, 0) is 24.5 Å². The summed E-state index contributed by atoms with van der Waals surface area (Å²) in [5, 5.41) is 3.28. The van der Waals surface area contributed by atoms with Crippen LogP contribution in [-0.4, -0.2) is 13.1 Å². The zero-order valence-corrected chi connectivity index (χ0v) is 8.25. The normalized spacial score (nSPS) is 14.4. The molecule has 0 aliphatic carbocycles. The maximum Gasteiger partial charge on any atom is 0.0725 e. The molecule has 3 N–H and O–H groups in total. The second kappa shape index (κ2) is 4.55. The van der Waals surface area contributed by atoms with E-state index >= 15 is 0 Å². The van der Waals surface area contributed by atoms with Crippen molar-refractivity contribution in [1.82, 2.24) is 5.32 Å². The summed E-state index contributed by atoms with van der Waals surface area (Å²) < 4.78 is 5.36. The molecule has 0 spiro atoms. The SMILES string of the molecule is NCCNCc1ccc2c(c1)COC2. The fraction of sp³-hybridized carbons (Fsp3) is 0.455. The largest absolute Gasteiger partial charge is 0.372 e. The molecular formula is C11H16N2O. The first-order valence-electron chi connectivity index (χ1n) is 4.99. The summed E-state index contributed by atoms with van der Waals surface area (Å²) in [5.41, 5.74) is 9.37. The van der Waals surface area contributed by atoms with Crippen molar-refractivity contribution in [3.05, 3.63) is 34.9 Å². The highest BCUT2D eigenvalue weighted by Gasteiger charge is 2.10. The molecule has 2 rings (SSSR count).